The van der Waals surface area contributed by atoms with E-state index in [2.05, 4.69) is 55.6 Å². The van der Waals surface area contributed by atoms with Crippen LogP contribution in [-0.2, 0) is 14.3 Å². The van der Waals surface area contributed by atoms with Crippen molar-refractivity contribution in [1.82, 2.24) is 5.32 Å². The molecule has 0 radical (unpaired) electrons. The smallest absolute Gasteiger partial charge is 0.220 e. The molecule has 278 valence electrons. The second-order valence-corrected chi connectivity index (χ2v) is 13.0. The van der Waals surface area contributed by atoms with Gasteiger partial charge < -0.3 is 40.3 Å². The highest BCUT2D eigenvalue weighted by atomic mass is 16.7. The number of unbranched alkanes of at least 4 members (excludes halogenated alkanes) is 13. The third-order valence-corrected chi connectivity index (χ3v) is 8.61. The maximum atomic E-state index is 12.8. The predicted molar refractivity (Wildman–Crippen MR) is 193 cm³/mol. The summed E-state index contributed by atoms with van der Waals surface area (Å²) in [6.45, 7) is 3.62. The third-order valence-electron chi connectivity index (χ3n) is 8.61. The zero-order valence-electron chi connectivity index (χ0n) is 30.0. The van der Waals surface area contributed by atoms with Crippen molar-refractivity contribution >= 4 is 5.91 Å². The molecule has 1 aliphatic rings. The number of allylic oxidation sites excluding steroid dienone is 7. The lowest BCUT2D eigenvalue weighted by Gasteiger charge is -2.40. The van der Waals surface area contributed by atoms with E-state index in [1.54, 1.807) is 6.08 Å². The van der Waals surface area contributed by atoms with Crippen LogP contribution in [-0.4, -0.2) is 87.5 Å². The molecule has 0 saturated carbocycles. The van der Waals surface area contributed by atoms with E-state index in [0.717, 1.165) is 70.6 Å². The van der Waals surface area contributed by atoms with E-state index in [0.29, 0.717) is 6.42 Å². The van der Waals surface area contributed by atoms with Gasteiger partial charge in [0.15, 0.2) is 6.29 Å². The average Bonchev–Trinajstić information content (AvgIpc) is 3.08. The normalized spacial score (nSPS) is 23.2. The molecule has 0 bridgehead atoms. The van der Waals surface area contributed by atoms with Gasteiger partial charge >= 0.3 is 0 Å². The molecule has 0 spiro atoms. The van der Waals surface area contributed by atoms with Crippen LogP contribution < -0.4 is 5.32 Å². The van der Waals surface area contributed by atoms with Crippen molar-refractivity contribution in [3.63, 3.8) is 0 Å². The Morgan fingerprint density at radius 2 is 1.29 bits per heavy atom. The fraction of sp³-hybridized carbons (Fsp3) is 0.769. The van der Waals surface area contributed by atoms with E-state index in [9.17, 15) is 30.3 Å². The summed E-state index contributed by atoms with van der Waals surface area (Å²) in [6.07, 6.45) is 28.7. The molecular formula is C39H69NO8. The second kappa shape index (κ2) is 30.0. The molecular weight excluding hydrogens is 610 g/mol. The fourth-order valence-electron chi connectivity index (χ4n) is 5.50. The van der Waals surface area contributed by atoms with Gasteiger partial charge in [-0.25, -0.2) is 0 Å². The standard InChI is InChI=1S/C39H69NO8/c1-3-5-7-9-11-13-15-17-19-21-23-25-27-29-35(43)40-32(31-47-39-38(46)37(45)36(44)34(30-41)48-39)33(42)28-26-24-22-20-18-16-14-12-10-8-6-4-2/h7,9,13,15,18,20,26,28,32-34,36-39,41-42,44-46H,3-6,8,10-12,14,16-17,19,21-25,27,29-31H2,1-2H3,(H,40,43)/b9-7-,15-13-,20-18+,28-26+. The highest BCUT2D eigenvalue weighted by Gasteiger charge is 2.44. The number of hydrogen-bond donors (Lipinski definition) is 6. The molecule has 0 aromatic rings. The fourth-order valence-corrected chi connectivity index (χ4v) is 5.50. The van der Waals surface area contributed by atoms with Crippen LogP contribution >= 0.6 is 0 Å². The van der Waals surface area contributed by atoms with Gasteiger partial charge in [-0.15, -0.1) is 0 Å². The molecule has 0 aromatic heterocycles. The zero-order chi connectivity index (χ0) is 35.2. The highest BCUT2D eigenvalue weighted by molar-refractivity contribution is 5.76. The minimum Gasteiger partial charge on any atom is -0.394 e. The van der Waals surface area contributed by atoms with E-state index < -0.39 is 49.5 Å². The van der Waals surface area contributed by atoms with Crippen molar-refractivity contribution in [3.8, 4) is 0 Å². The highest BCUT2D eigenvalue weighted by Crippen LogP contribution is 2.22. The largest absolute Gasteiger partial charge is 0.394 e. The van der Waals surface area contributed by atoms with Crippen LogP contribution in [0.2, 0.25) is 0 Å². The lowest BCUT2D eigenvalue weighted by atomic mass is 9.99. The van der Waals surface area contributed by atoms with Gasteiger partial charge in [-0.05, 0) is 57.8 Å². The van der Waals surface area contributed by atoms with Gasteiger partial charge in [-0.3, -0.25) is 4.79 Å². The van der Waals surface area contributed by atoms with Crippen LogP contribution in [0, 0.1) is 0 Å². The Bertz CT molecular complexity index is 889. The summed E-state index contributed by atoms with van der Waals surface area (Å²) in [5, 5.41) is 53.8. The zero-order valence-corrected chi connectivity index (χ0v) is 30.0. The van der Waals surface area contributed by atoms with Gasteiger partial charge in [0, 0.05) is 6.42 Å². The molecule has 9 heteroatoms. The average molecular weight is 680 g/mol. The predicted octanol–water partition coefficient (Wildman–Crippen LogP) is 6.33. The van der Waals surface area contributed by atoms with Gasteiger partial charge in [-0.2, -0.15) is 0 Å². The summed E-state index contributed by atoms with van der Waals surface area (Å²) in [7, 11) is 0. The van der Waals surface area contributed by atoms with E-state index >= 15 is 0 Å². The number of rotatable bonds is 29. The maximum absolute atomic E-state index is 12.8. The van der Waals surface area contributed by atoms with Crippen molar-refractivity contribution in [2.24, 2.45) is 0 Å². The lowest BCUT2D eigenvalue weighted by molar-refractivity contribution is -0.302. The van der Waals surface area contributed by atoms with Crippen LogP contribution in [0.5, 0.6) is 0 Å². The maximum Gasteiger partial charge on any atom is 0.220 e. The molecule has 9 nitrogen and oxygen atoms in total. The number of ether oxygens (including phenoxy) is 2. The Morgan fingerprint density at radius 3 is 1.96 bits per heavy atom. The Balaban J connectivity index is 2.51. The Morgan fingerprint density at radius 1 is 0.708 bits per heavy atom. The number of aliphatic hydroxyl groups is 5. The van der Waals surface area contributed by atoms with Crippen molar-refractivity contribution in [1.29, 1.82) is 0 Å². The van der Waals surface area contributed by atoms with Gasteiger partial charge in [-0.1, -0.05) is 120 Å². The topological polar surface area (TPSA) is 149 Å². The van der Waals surface area contributed by atoms with Crippen molar-refractivity contribution in [3.05, 3.63) is 48.6 Å². The second-order valence-electron chi connectivity index (χ2n) is 13.0. The van der Waals surface area contributed by atoms with Gasteiger partial charge in [0.25, 0.3) is 0 Å². The number of nitrogens with one attached hydrogen (secondary N) is 1. The molecule has 0 aliphatic carbocycles. The minimum absolute atomic E-state index is 0.207. The van der Waals surface area contributed by atoms with Gasteiger partial charge in [0.2, 0.25) is 5.91 Å². The lowest BCUT2D eigenvalue weighted by Crippen LogP contribution is -2.60. The van der Waals surface area contributed by atoms with Crippen LogP contribution in [0.4, 0.5) is 0 Å². The molecule has 1 heterocycles. The van der Waals surface area contributed by atoms with Gasteiger partial charge in [0.05, 0.1) is 25.4 Å². The Labute approximate surface area is 291 Å². The quantitative estimate of drug-likeness (QED) is 0.0397. The summed E-state index contributed by atoms with van der Waals surface area (Å²) >= 11 is 0. The van der Waals surface area contributed by atoms with Crippen LogP contribution in [0.25, 0.3) is 0 Å². The number of carbonyl (C=O) groups is 1. The van der Waals surface area contributed by atoms with E-state index in [-0.39, 0.29) is 12.5 Å². The summed E-state index contributed by atoms with van der Waals surface area (Å²) in [5.74, 6) is -0.207. The molecule has 1 fully saturated rings. The number of hydrogen-bond acceptors (Lipinski definition) is 8. The molecule has 1 amide bonds. The van der Waals surface area contributed by atoms with Crippen LogP contribution in [0.1, 0.15) is 136 Å². The number of aliphatic hydroxyl groups excluding tert-OH is 5. The molecule has 1 rings (SSSR count). The van der Waals surface area contributed by atoms with E-state index in [4.69, 9.17) is 9.47 Å². The summed E-state index contributed by atoms with van der Waals surface area (Å²) in [4.78, 5) is 12.8. The first-order valence-electron chi connectivity index (χ1n) is 18.9. The molecule has 1 saturated heterocycles. The minimum atomic E-state index is -1.57. The van der Waals surface area contributed by atoms with Gasteiger partial charge in [0.1, 0.15) is 24.4 Å². The molecule has 6 N–H and O–H groups in total. The third kappa shape index (κ3) is 21.3. The first-order chi connectivity index (χ1) is 23.3. The molecule has 48 heavy (non-hydrogen) atoms. The van der Waals surface area contributed by atoms with Crippen molar-refractivity contribution < 1.29 is 39.8 Å². The molecule has 1 aliphatic heterocycles. The van der Waals surface area contributed by atoms with Crippen LogP contribution in [0.3, 0.4) is 0 Å². The summed E-state index contributed by atoms with van der Waals surface area (Å²) in [6, 6.07) is -0.826. The Hall–Kier alpha value is -1.85. The Kier molecular flexibility index (Phi) is 27.6. The van der Waals surface area contributed by atoms with Crippen LogP contribution in [0.15, 0.2) is 48.6 Å². The molecule has 7 atom stereocenters. The summed E-state index contributed by atoms with van der Waals surface area (Å²) in [5.41, 5.74) is 0. The SMILES string of the molecule is CCC/C=C\C/C=C\CCCCCCCC(=O)NC(COC1OC(CO)C(O)C(O)C1O)C(O)/C=C/CC/C=C/CCCCCCCC. The van der Waals surface area contributed by atoms with E-state index in [1.165, 1.54) is 44.9 Å². The van der Waals surface area contributed by atoms with E-state index in [1.807, 2.05) is 6.08 Å². The van der Waals surface area contributed by atoms with Crippen molar-refractivity contribution in [2.45, 2.75) is 179 Å². The molecule has 7 unspecified atom stereocenters. The number of carbonyl (C=O) groups excluding carboxylic acids is 1. The first kappa shape index (κ1) is 44.2. The monoisotopic (exact) mass is 680 g/mol. The number of amides is 1. The summed E-state index contributed by atoms with van der Waals surface area (Å²) < 4.78 is 11.1. The first-order valence-corrected chi connectivity index (χ1v) is 18.9. The molecule has 0 aromatic carbocycles. The van der Waals surface area contributed by atoms with Crippen molar-refractivity contribution in [2.75, 3.05) is 13.2 Å².